The van der Waals surface area contributed by atoms with Crippen molar-refractivity contribution in [2.75, 3.05) is 6.54 Å². The molecular formula is C15H18F6N2O3. The summed E-state index contributed by atoms with van der Waals surface area (Å²) in [5.74, 6) is -13.2. The number of likely N-dealkylation sites (tertiary alicyclic amines) is 1. The predicted molar refractivity (Wildman–Crippen MR) is 74.9 cm³/mol. The van der Waals surface area contributed by atoms with Crippen LogP contribution in [0.25, 0.3) is 0 Å². The molecule has 1 aliphatic heterocycles. The molecule has 3 fully saturated rings. The Morgan fingerprint density at radius 2 is 1.58 bits per heavy atom. The molecule has 0 unspecified atom stereocenters. The largest absolute Gasteiger partial charge is 0.384 e. The molecule has 1 saturated heterocycles. The number of hydrogen-bond donors (Lipinski definition) is 2. The molecule has 1 spiro atoms. The van der Waals surface area contributed by atoms with Gasteiger partial charge in [-0.05, 0) is 13.3 Å². The predicted octanol–water partition coefficient (Wildman–Crippen LogP) is 1.69. The average molecular weight is 388 g/mol. The number of nitrogens with zero attached hydrogens (tertiary/aromatic N) is 1. The van der Waals surface area contributed by atoms with Crippen LogP contribution in [-0.4, -0.2) is 63.3 Å². The zero-order valence-electron chi connectivity index (χ0n) is 13.8. The minimum atomic E-state index is -3.86. The quantitative estimate of drug-likeness (QED) is 0.531. The van der Waals surface area contributed by atoms with Crippen LogP contribution < -0.4 is 5.32 Å². The number of nitrogens with one attached hydrogen (secondary N) is 1. The first-order valence-electron chi connectivity index (χ1n) is 8.07. The molecular weight excluding hydrogens is 370 g/mol. The second kappa shape index (κ2) is 5.26. The second-order valence-corrected chi connectivity index (χ2v) is 7.92. The summed E-state index contributed by atoms with van der Waals surface area (Å²) in [5.41, 5.74) is -3.64. The van der Waals surface area contributed by atoms with Gasteiger partial charge in [0.2, 0.25) is 0 Å². The van der Waals surface area contributed by atoms with Crippen LogP contribution in [0.2, 0.25) is 0 Å². The van der Waals surface area contributed by atoms with Gasteiger partial charge >= 0.3 is 11.8 Å². The number of aliphatic hydroxyl groups is 1. The topological polar surface area (TPSA) is 69.6 Å². The average Bonchev–Trinajstić information content (AvgIpc) is 2.85. The smallest absolute Gasteiger partial charge is 0.312 e. The number of amides is 2. The van der Waals surface area contributed by atoms with E-state index in [0.29, 0.717) is 0 Å². The molecule has 0 radical (unpaired) electrons. The summed E-state index contributed by atoms with van der Waals surface area (Å²) < 4.78 is 81.2. The zero-order valence-corrected chi connectivity index (χ0v) is 13.8. The van der Waals surface area contributed by atoms with Crippen LogP contribution in [0.4, 0.5) is 26.3 Å². The number of halogens is 6. The van der Waals surface area contributed by atoms with Crippen LogP contribution in [0.5, 0.6) is 0 Å². The van der Waals surface area contributed by atoms with Crippen molar-refractivity contribution < 1.29 is 41.0 Å². The summed E-state index contributed by atoms with van der Waals surface area (Å²) in [5, 5.41) is 12.0. The Hall–Kier alpha value is -1.52. The molecule has 11 heteroatoms. The zero-order chi connectivity index (χ0) is 19.8. The van der Waals surface area contributed by atoms with E-state index in [4.69, 9.17) is 0 Å². The molecule has 5 nitrogen and oxygen atoms in total. The highest BCUT2D eigenvalue weighted by Gasteiger charge is 2.70. The molecule has 2 N–H and O–H groups in total. The fourth-order valence-corrected chi connectivity index (χ4v) is 4.39. The van der Waals surface area contributed by atoms with Crippen LogP contribution in [0.1, 0.15) is 39.0 Å². The van der Waals surface area contributed by atoms with E-state index in [9.17, 15) is 41.0 Å². The number of carbonyl (C=O) groups is 2. The Bertz CT molecular complexity index is 647. The summed E-state index contributed by atoms with van der Waals surface area (Å²) in [6.07, 6.45) is -6.57. The van der Waals surface area contributed by atoms with Crippen molar-refractivity contribution in [1.29, 1.82) is 0 Å². The molecule has 2 saturated carbocycles. The van der Waals surface area contributed by atoms with E-state index in [0.717, 1.165) is 0 Å². The van der Waals surface area contributed by atoms with Crippen LogP contribution >= 0.6 is 0 Å². The Kier molecular flexibility index (Phi) is 3.90. The molecule has 3 rings (SSSR count). The Morgan fingerprint density at radius 3 is 2.04 bits per heavy atom. The van der Waals surface area contributed by atoms with Gasteiger partial charge in [0.1, 0.15) is 6.10 Å². The summed E-state index contributed by atoms with van der Waals surface area (Å²) in [7, 11) is 0. The lowest BCUT2D eigenvalue weighted by atomic mass is 9.75. The van der Waals surface area contributed by atoms with E-state index in [-0.39, 0.29) is 4.90 Å². The summed E-state index contributed by atoms with van der Waals surface area (Å²) >= 11 is 0. The lowest BCUT2D eigenvalue weighted by Gasteiger charge is -2.45. The summed E-state index contributed by atoms with van der Waals surface area (Å²) in [4.78, 5) is 24.8. The third-order valence-electron chi connectivity index (χ3n) is 5.46. The molecule has 0 aromatic heterocycles. The maximum atomic E-state index is 14.0. The van der Waals surface area contributed by atoms with E-state index in [2.05, 4.69) is 5.32 Å². The molecule has 0 aromatic rings. The normalized spacial score (nSPS) is 36.0. The molecule has 2 atom stereocenters. The molecule has 2 amide bonds. The van der Waals surface area contributed by atoms with E-state index in [1.807, 2.05) is 0 Å². The highest BCUT2D eigenvalue weighted by molar-refractivity contribution is 6.35. The lowest BCUT2D eigenvalue weighted by Crippen LogP contribution is -2.64. The number of hydrogen-bond acceptors (Lipinski definition) is 3. The molecule has 1 heterocycles. The van der Waals surface area contributed by atoms with Crippen LogP contribution in [-0.2, 0) is 9.59 Å². The van der Waals surface area contributed by atoms with E-state index < -0.39 is 85.4 Å². The van der Waals surface area contributed by atoms with E-state index in [1.165, 1.54) is 6.92 Å². The number of rotatable bonds is 1. The maximum absolute atomic E-state index is 14.0. The lowest BCUT2D eigenvalue weighted by molar-refractivity contribution is -0.159. The fourth-order valence-electron chi connectivity index (χ4n) is 4.39. The van der Waals surface area contributed by atoms with Crippen LogP contribution in [0.15, 0.2) is 0 Å². The minimum Gasteiger partial charge on any atom is -0.384 e. The molecule has 0 bridgehead atoms. The second-order valence-electron chi connectivity index (χ2n) is 7.92. The summed E-state index contributed by atoms with van der Waals surface area (Å²) in [6, 6.07) is 0. The van der Waals surface area contributed by atoms with Crippen LogP contribution in [0, 0.1) is 0 Å². The number of alkyl halides is 6. The standard InChI is InChI=1S/C15H18F6N2O3/c1-11(4-14(18,19)5-11)22-8(24)9(25)23-7-15(20,21)10(26)12(23)2-3-13(16,17)6-12/h10,26H,2-7H2,1H3,(H,22,24)/t10-,12+/m0/s1. The van der Waals surface area contributed by atoms with Gasteiger partial charge in [-0.15, -0.1) is 0 Å². The molecule has 0 aromatic carbocycles. The van der Waals surface area contributed by atoms with Gasteiger partial charge in [-0.25, -0.2) is 26.3 Å². The van der Waals surface area contributed by atoms with Crippen molar-refractivity contribution in [2.24, 2.45) is 0 Å². The van der Waals surface area contributed by atoms with E-state index in [1.54, 1.807) is 0 Å². The third kappa shape index (κ3) is 2.93. The Morgan fingerprint density at radius 1 is 1.00 bits per heavy atom. The highest BCUT2D eigenvalue weighted by Crippen LogP contribution is 2.54. The van der Waals surface area contributed by atoms with Gasteiger partial charge < -0.3 is 15.3 Å². The molecule has 148 valence electrons. The van der Waals surface area contributed by atoms with Gasteiger partial charge in [-0.2, -0.15) is 0 Å². The van der Waals surface area contributed by atoms with Crippen molar-refractivity contribution >= 4 is 11.8 Å². The maximum Gasteiger partial charge on any atom is 0.312 e. The van der Waals surface area contributed by atoms with Crippen molar-refractivity contribution in [3.05, 3.63) is 0 Å². The van der Waals surface area contributed by atoms with Crippen molar-refractivity contribution in [1.82, 2.24) is 10.2 Å². The third-order valence-corrected chi connectivity index (χ3v) is 5.46. The van der Waals surface area contributed by atoms with Crippen molar-refractivity contribution in [3.8, 4) is 0 Å². The van der Waals surface area contributed by atoms with Gasteiger partial charge in [0, 0.05) is 31.2 Å². The molecule has 2 aliphatic carbocycles. The van der Waals surface area contributed by atoms with Crippen LogP contribution in [0.3, 0.4) is 0 Å². The van der Waals surface area contributed by atoms with Crippen molar-refractivity contribution in [2.45, 2.75) is 74.0 Å². The van der Waals surface area contributed by atoms with Gasteiger partial charge in [0.25, 0.3) is 17.8 Å². The van der Waals surface area contributed by atoms with Gasteiger partial charge in [-0.1, -0.05) is 0 Å². The molecule has 26 heavy (non-hydrogen) atoms. The van der Waals surface area contributed by atoms with Crippen molar-refractivity contribution in [3.63, 3.8) is 0 Å². The SMILES string of the molecule is CC1(NC(=O)C(=O)N2CC(F)(F)[C@@H](O)[C@]23CCC(F)(F)C3)CC(F)(F)C1. The monoisotopic (exact) mass is 388 g/mol. The first-order chi connectivity index (χ1) is 11.6. The Balaban J connectivity index is 1.80. The highest BCUT2D eigenvalue weighted by atomic mass is 19.3. The van der Waals surface area contributed by atoms with Gasteiger partial charge in [-0.3, -0.25) is 9.59 Å². The first-order valence-corrected chi connectivity index (χ1v) is 8.07. The fraction of sp³-hybridized carbons (Fsp3) is 0.867. The number of carbonyl (C=O) groups excluding carboxylic acids is 2. The first kappa shape index (κ1) is 19.2. The minimum absolute atomic E-state index is 0.286. The Labute approximate surface area is 144 Å². The molecule has 3 aliphatic rings. The van der Waals surface area contributed by atoms with E-state index >= 15 is 0 Å². The van der Waals surface area contributed by atoms with Gasteiger partial charge in [0.05, 0.1) is 12.1 Å². The number of aliphatic hydroxyl groups excluding tert-OH is 1. The van der Waals surface area contributed by atoms with Gasteiger partial charge in [0.15, 0.2) is 0 Å². The summed E-state index contributed by atoms with van der Waals surface area (Å²) in [6.45, 7) is -0.119.